The lowest BCUT2D eigenvalue weighted by molar-refractivity contribution is -0.145. The van der Waals surface area contributed by atoms with Gasteiger partial charge in [-0.3, -0.25) is 14.5 Å². The summed E-state index contributed by atoms with van der Waals surface area (Å²) in [6.45, 7) is 2.98. The molecule has 0 saturated heterocycles. The second-order valence-electron chi connectivity index (χ2n) is 3.95. The van der Waals surface area contributed by atoms with Gasteiger partial charge in [0.25, 0.3) is 0 Å². The van der Waals surface area contributed by atoms with Crippen LogP contribution < -0.4 is 0 Å². The third-order valence-corrected chi connectivity index (χ3v) is 3.72. The second-order valence-corrected chi connectivity index (χ2v) is 6.24. The van der Waals surface area contributed by atoms with Crippen LogP contribution in [0, 0.1) is 0 Å². The van der Waals surface area contributed by atoms with Crippen LogP contribution in [0.1, 0.15) is 18.9 Å². The van der Waals surface area contributed by atoms with Crippen LogP contribution >= 0.6 is 27.3 Å². The number of rotatable bonds is 7. The van der Waals surface area contributed by atoms with E-state index in [-0.39, 0.29) is 18.7 Å². The van der Waals surface area contributed by atoms with Gasteiger partial charge in [0.2, 0.25) is 0 Å². The van der Waals surface area contributed by atoms with Crippen molar-refractivity contribution in [2.75, 3.05) is 20.2 Å². The summed E-state index contributed by atoms with van der Waals surface area (Å²) in [5.41, 5.74) is 1.15. The van der Waals surface area contributed by atoms with Crippen molar-refractivity contribution >= 4 is 39.0 Å². The molecule has 18 heavy (non-hydrogen) atoms. The number of hydrogen-bond donors (Lipinski definition) is 0. The Morgan fingerprint density at radius 3 is 2.78 bits per heavy atom. The van der Waals surface area contributed by atoms with Crippen LogP contribution in [0.5, 0.6) is 0 Å². The van der Waals surface area contributed by atoms with Gasteiger partial charge in [0, 0.05) is 6.54 Å². The highest BCUT2D eigenvalue weighted by atomic mass is 79.9. The quantitative estimate of drug-likeness (QED) is 0.568. The molecular weight excluding hydrogens is 318 g/mol. The lowest BCUT2D eigenvalue weighted by atomic mass is 10.2. The van der Waals surface area contributed by atoms with Crippen LogP contribution in [0.4, 0.5) is 0 Å². The highest BCUT2D eigenvalue weighted by Gasteiger charge is 2.13. The Kier molecular flexibility index (Phi) is 6.52. The van der Waals surface area contributed by atoms with Crippen LogP contribution in [0.3, 0.4) is 0 Å². The number of esters is 1. The predicted molar refractivity (Wildman–Crippen MR) is 74.6 cm³/mol. The minimum atomic E-state index is -0.450. The summed E-state index contributed by atoms with van der Waals surface area (Å²) in [4.78, 5) is 24.6. The molecule has 0 unspecified atom stereocenters. The lowest BCUT2D eigenvalue weighted by Crippen LogP contribution is -2.27. The molecule has 1 aromatic rings. The summed E-state index contributed by atoms with van der Waals surface area (Å²) < 4.78 is 5.81. The first-order chi connectivity index (χ1) is 8.51. The van der Waals surface area contributed by atoms with Crippen molar-refractivity contribution in [1.82, 2.24) is 4.90 Å². The van der Waals surface area contributed by atoms with E-state index < -0.39 is 5.97 Å². The molecule has 0 aliphatic heterocycles. The number of thiophene rings is 1. The van der Waals surface area contributed by atoms with E-state index in [1.807, 2.05) is 23.4 Å². The fraction of sp³-hybridized carbons (Fsp3) is 0.500. The monoisotopic (exact) mass is 333 g/mol. The number of nitrogens with zero attached hydrogens (tertiary/aromatic N) is 1. The summed E-state index contributed by atoms with van der Waals surface area (Å²) in [7, 11) is 1.86. The average Bonchev–Trinajstić information content (AvgIpc) is 2.63. The maximum absolute atomic E-state index is 11.6. The van der Waals surface area contributed by atoms with Gasteiger partial charge in [0.1, 0.15) is 6.42 Å². The number of ketones is 1. The molecule has 0 N–H and O–H groups in total. The molecule has 0 aliphatic rings. The van der Waals surface area contributed by atoms with Crippen LogP contribution in [0.25, 0.3) is 0 Å². The molecule has 0 atom stereocenters. The van der Waals surface area contributed by atoms with E-state index in [9.17, 15) is 9.59 Å². The third kappa shape index (κ3) is 5.75. The Hall–Kier alpha value is -0.720. The van der Waals surface area contributed by atoms with Crippen LogP contribution in [0.15, 0.2) is 15.2 Å². The summed E-state index contributed by atoms with van der Waals surface area (Å²) >= 11 is 5.01. The van der Waals surface area contributed by atoms with Gasteiger partial charge < -0.3 is 4.74 Å². The minimum Gasteiger partial charge on any atom is -0.466 e. The summed E-state index contributed by atoms with van der Waals surface area (Å²) in [6, 6.07) is 2.02. The number of ether oxygens (including phenoxy) is 1. The molecule has 0 fully saturated rings. The van der Waals surface area contributed by atoms with Gasteiger partial charge in [0.15, 0.2) is 5.78 Å². The SMILES string of the molecule is CCOC(=O)CC(=O)CN(C)Cc1csc(Br)c1. The van der Waals surface area contributed by atoms with Crippen molar-refractivity contribution in [1.29, 1.82) is 0 Å². The van der Waals surface area contributed by atoms with E-state index in [4.69, 9.17) is 4.74 Å². The van der Waals surface area contributed by atoms with Gasteiger partial charge in [-0.1, -0.05) is 0 Å². The van der Waals surface area contributed by atoms with E-state index in [0.717, 1.165) is 9.35 Å². The van der Waals surface area contributed by atoms with Gasteiger partial charge in [-0.05, 0) is 46.9 Å². The molecular formula is C12H16BrNO3S. The van der Waals surface area contributed by atoms with E-state index in [1.54, 1.807) is 18.3 Å². The standard InChI is InChI=1S/C12H16BrNO3S/c1-3-17-12(16)5-10(15)7-14(2)6-9-4-11(13)18-8-9/h4,8H,3,5-7H2,1-2H3. The van der Waals surface area contributed by atoms with E-state index in [2.05, 4.69) is 15.9 Å². The topological polar surface area (TPSA) is 46.6 Å². The van der Waals surface area contributed by atoms with Crippen LogP contribution in [0.2, 0.25) is 0 Å². The largest absolute Gasteiger partial charge is 0.466 e. The first-order valence-electron chi connectivity index (χ1n) is 5.60. The van der Waals surface area contributed by atoms with Gasteiger partial charge in [0.05, 0.1) is 16.9 Å². The molecule has 4 nitrogen and oxygen atoms in total. The Balaban J connectivity index is 2.33. The number of hydrogen-bond acceptors (Lipinski definition) is 5. The van der Waals surface area contributed by atoms with Crippen LogP contribution in [-0.4, -0.2) is 36.9 Å². The molecule has 1 rings (SSSR count). The molecule has 1 heterocycles. The van der Waals surface area contributed by atoms with Crippen molar-refractivity contribution in [3.63, 3.8) is 0 Å². The highest BCUT2D eigenvalue weighted by molar-refractivity contribution is 9.11. The van der Waals surface area contributed by atoms with E-state index >= 15 is 0 Å². The molecule has 0 aromatic carbocycles. The summed E-state index contributed by atoms with van der Waals surface area (Å²) in [5, 5.41) is 2.04. The lowest BCUT2D eigenvalue weighted by Gasteiger charge is -2.14. The Morgan fingerprint density at radius 2 is 2.22 bits per heavy atom. The molecule has 0 amide bonds. The maximum Gasteiger partial charge on any atom is 0.313 e. The number of carbonyl (C=O) groups excluding carboxylic acids is 2. The van der Waals surface area contributed by atoms with Gasteiger partial charge in [-0.15, -0.1) is 11.3 Å². The number of likely N-dealkylation sites (N-methyl/N-ethyl adjacent to an activating group) is 1. The van der Waals surface area contributed by atoms with Crippen molar-refractivity contribution in [2.45, 2.75) is 19.9 Å². The Bertz CT molecular complexity index is 419. The zero-order chi connectivity index (χ0) is 13.5. The third-order valence-electron chi connectivity index (χ3n) is 2.17. The molecule has 0 radical (unpaired) electrons. The number of halogens is 1. The van der Waals surface area contributed by atoms with E-state index in [0.29, 0.717) is 13.2 Å². The summed E-state index contributed by atoms with van der Waals surface area (Å²) in [5.74, 6) is -0.570. The average molecular weight is 334 g/mol. The van der Waals surface area contributed by atoms with Crippen molar-refractivity contribution in [2.24, 2.45) is 0 Å². The molecule has 1 aromatic heterocycles. The molecule has 0 saturated carbocycles. The zero-order valence-electron chi connectivity index (χ0n) is 10.4. The second kappa shape index (κ2) is 7.66. The maximum atomic E-state index is 11.6. The molecule has 6 heteroatoms. The molecule has 0 aliphatic carbocycles. The summed E-state index contributed by atoms with van der Waals surface area (Å²) in [6.07, 6.45) is -0.147. The smallest absolute Gasteiger partial charge is 0.313 e. The van der Waals surface area contributed by atoms with E-state index in [1.165, 1.54) is 0 Å². The zero-order valence-corrected chi connectivity index (χ0v) is 12.8. The minimum absolute atomic E-state index is 0.120. The first kappa shape index (κ1) is 15.3. The number of carbonyl (C=O) groups is 2. The Morgan fingerprint density at radius 1 is 1.50 bits per heavy atom. The van der Waals surface area contributed by atoms with Crippen molar-refractivity contribution in [3.8, 4) is 0 Å². The number of Topliss-reactive ketones (excluding diaryl/α,β-unsaturated/α-hetero) is 1. The molecule has 0 bridgehead atoms. The van der Waals surface area contributed by atoms with Gasteiger partial charge in [-0.25, -0.2) is 0 Å². The predicted octanol–water partition coefficient (Wildman–Crippen LogP) is 2.46. The first-order valence-corrected chi connectivity index (χ1v) is 7.27. The van der Waals surface area contributed by atoms with Gasteiger partial charge in [-0.2, -0.15) is 0 Å². The normalized spacial score (nSPS) is 10.7. The molecule has 0 spiro atoms. The fourth-order valence-corrected chi connectivity index (χ4v) is 2.73. The Labute approximate surface area is 119 Å². The molecule has 100 valence electrons. The van der Waals surface area contributed by atoms with Crippen LogP contribution in [-0.2, 0) is 20.9 Å². The highest BCUT2D eigenvalue weighted by Crippen LogP contribution is 2.21. The van der Waals surface area contributed by atoms with Crippen molar-refractivity contribution in [3.05, 3.63) is 20.8 Å². The van der Waals surface area contributed by atoms with Gasteiger partial charge >= 0.3 is 5.97 Å². The van der Waals surface area contributed by atoms with Crippen molar-refractivity contribution < 1.29 is 14.3 Å². The fourth-order valence-electron chi connectivity index (χ4n) is 1.53.